The minimum absolute atomic E-state index is 0. The SMILES string of the molecule is NO.O.OCC(O)CO. The normalized spacial score (nSPS) is 7.33. The second-order valence-electron chi connectivity index (χ2n) is 1.02. The van der Waals surface area contributed by atoms with E-state index in [4.69, 9.17) is 20.5 Å². The van der Waals surface area contributed by atoms with Gasteiger partial charge in [-0.1, -0.05) is 0 Å². The number of rotatable bonds is 2. The van der Waals surface area contributed by atoms with Crippen LogP contribution in [0.2, 0.25) is 0 Å². The molecule has 60 valence electrons. The average molecular weight is 143 g/mol. The Labute approximate surface area is 52.4 Å². The molecule has 0 amide bonds. The van der Waals surface area contributed by atoms with E-state index in [9.17, 15) is 0 Å². The van der Waals surface area contributed by atoms with Gasteiger partial charge in [0, 0.05) is 0 Å². The number of hydrogen-bond acceptors (Lipinski definition) is 5. The van der Waals surface area contributed by atoms with Crippen molar-refractivity contribution in [2.45, 2.75) is 6.10 Å². The minimum Gasteiger partial charge on any atom is -0.412 e. The summed E-state index contributed by atoms with van der Waals surface area (Å²) in [6.07, 6.45) is -0.954. The molecule has 0 bridgehead atoms. The van der Waals surface area contributed by atoms with Gasteiger partial charge in [0.05, 0.1) is 13.2 Å². The first-order valence-electron chi connectivity index (χ1n) is 1.97. The van der Waals surface area contributed by atoms with Crippen molar-refractivity contribution in [1.29, 1.82) is 0 Å². The van der Waals surface area contributed by atoms with Crippen molar-refractivity contribution in [2.75, 3.05) is 13.2 Å². The van der Waals surface area contributed by atoms with Crippen LogP contribution in [0.5, 0.6) is 0 Å². The molecule has 0 atom stereocenters. The van der Waals surface area contributed by atoms with Gasteiger partial charge in [-0.05, 0) is 0 Å². The van der Waals surface area contributed by atoms with Gasteiger partial charge in [-0.25, -0.2) is 5.90 Å². The molecule has 0 aromatic rings. The standard InChI is InChI=1S/C3H8O3.H3NO.H2O/c4-1-3(6)2-5;1-2;/h3-6H,1-2H2;2H,1H2;1H2. The van der Waals surface area contributed by atoms with Crippen molar-refractivity contribution < 1.29 is 26.0 Å². The molecular formula is C3H13NO5. The van der Waals surface area contributed by atoms with E-state index in [0.717, 1.165) is 0 Å². The third-order valence-corrected chi connectivity index (χ3v) is 0.421. The second-order valence-corrected chi connectivity index (χ2v) is 1.02. The predicted molar refractivity (Wildman–Crippen MR) is 29.8 cm³/mol. The maximum absolute atomic E-state index is 8.17. The molecule has 9 heavy (non-hydrogen) atoms. The molecule has 0 radical (unpaired) electrons. The third-order valence-electron chi connectivity index (χ3n) is 0.421. The van der Waals surface area contributed by atoms with Crippen LogP contribution in [-0.2, 0) is 0 Å². The highest BCUT2D eigenvalue weighted by Gasteiger charge is 1.93. The lowest BCUT2D eigenvalue weighted by Crippen LogP contribution is -2.15. The molecular weight excluding hydrogens is 130 g/mol. The molecule has 0 unspecified atom stereocenters. The van der Waals surface area contributed by atoms with Gasteiger partial charge in [-0.2, -0.15) is 0 Å². The first kappa shape index (κ1) is 15.9. The summed E-state index contributed by atoms with van der Waals surface area (Å²) in [5, 5.41) is 30.5. The highest BCUT2D eigenvalue weighted by molar-refractivity contribution is 4.43. The van der Waals surface area contributed by atoms with Crippen molar-refractivity contribution in [3.05, 3.63) is 0 Å². The van der Waals surface area contributed by atoms with Crippen LogP contribution < -0.4 is 5.90 Å². The van der Waals surface area contributed by atoms with Crippen molar-refractivity contribution in [2.24, 2.45) is 5.90 Å². The Morgan fingerprint density at radius 3 is 1.33 bits per heavy atom. The summed E-state index contributed by atoms with van der Waals surface area (Å²) < 4.78 is 0. The van der Waals surface area contributed by atoms with Crippen LogP contribution >= 0.6 is 0 Å². The fraction of sp³-hybridized carbons (Fsp3) is 1.00. The van der Waals surface area contributed by atoms with Gasteiger partial charge in [-0.15, -0.1) is 0 Å². The van der Waals surface area contributed by atoms with E-state index in [1.165, 1.54) is 0 Å². The van der Waals surface area contributed by atoms with Crippen molar-refractivity contribution in [1.82, 2.24) is 0 Å². The lowest BCUT2D eigenvalue weighted by molar-refractivity contribution is 0.0450. The topological polar surface area (TPSA) is 138 Å². The van der Waals surface area contributed by atoms with Gasteiger partial charge in [0.25, 0.3) is 0 Å². The maximum atomic E-state index is 8.17. The van der Waals surface area contributed by atoms with Crippen LogP contribution in [-0.4, -0.2) is 45.3 Å². The van der Waals surface area contributed by atoms with E-state index in [0.29, 0.717) is 0 Å². The number of aliphatic hydroxyl groups is 3. The van der Waals surface area contributed by atoms with Gasteiger partial charge in [0.1, 0.15) is 6.10 Å². The molecule has 6 heteroatoms. The molecule has 8 N–H and O–H groups in total. The first-order chi connectivity index (χ1) is 3.81. The van der Waals surface area contributed by atoms with Crippen LogP contribution in [0.4, 0.5) is 0 Å². The zero-order valence-electron chi connectivity index (χ0n) is 4.86. The van der Waals surface area contributed by atoms with Crippen molar-refractivity contribution in [3.8, 4) is 0 Å². The molecule has 0 aliphatic heterocycles. The highest BCUT2D eigenvalue weighted by Crippen LogP contribution is 1.71. The Morgan fingerprint density at radius 1 is 1.11 bits per heavy atom. The van der Waals surface area contributed by atoms with Crippen molar-refractivity contribution >= 4 is 0 Å². The van der Waals surface area contributed by atoms with Gasteiger partial charge in [-0.3, -0.25) is 0 Å². The zero-order valence-corrected chi connectivity index (χ0v) is 4.86. The van der Waals surface area contributed by atoms with E-state index in [1.807, 2.05) is 0 Å². The van der Waals surface area contributed by atoms with Gasteiger partial charge < -0.3 is 26.0 Å². The summed E-state index contributed by atoms with van der Waals surface area (Å²) in [6.45, 7) is -0.729. The van der Waals surface area contributed by atoms with E-state index in [1.54, 1.807) is 0 Å². The largest absolute Gasteiger partial charge is 0.412 e. The Bertz CT molecular complexity index is 31.4. The highest BCUT2D eigenvalue weighted by atomic mass is 16.4. The number of nitrogens with two attached hydrogens (primary N) is 1. The quantitative estimate of drug-likeness (QED) is 0.260. The smallest absolute Gasteiger partial charge is 0.100 e. The van der Waals surface area contributed by atoms with Crippen LogP contribution in [0.1, 0.15) is 0 Å². The third kappa shape index (κ3) is 18.2. The molecule has 6 nitrogen and oxygen atoms in total. The molecule has 0 aromatic carbocycles. The summed E-state index contributed by atoms with van der Waals surface area (Å²) in [6, 6.07) is 0. The van der Waals surface area contributed by atoms with Crippen molar-refractivity contribution in [3.63, 3.8) is 0 Å². The average Bonchev–Trinajstić information content (AvgIpc) is 1.91. The molecule has 0 aliphatic carbocycles. The molecule has 0 spiro atoms. The molecule has 0 aromatic heterocycles. The molecule has 0 heterocycles. The van der Waals surface area contributed by atoms with E-state index >= 15 is 0 Å². The Kier molecular flexibility index (Phi) is 27.6. The number of aliphatic hydroxyl groups excluding tert-OH is 3. The Balaban J connectivity index is -0.000000109. The fourth-order valence-electron chi connectivity index (χ4n) is 0.0577. The maximum Gasteiger partial charge on any atom is 0.100 e. The second kappa shape index (κ2) is 15.7. The summed E-state index contributed by atoms with van der Waals surface area (Å²) in [4.78, 5) is 0. The van der Waals surface area contributed by atoms with Crippen LogP contribution in [0, 0.1) is 0 Å². The van der Waals surface area contributed by atoms with Crippen LogP contribution in [0.3, 0.4) is 0 Å². The van der Waals surface area contributed by atoms with Gasteiger partial charge in [0.15, 0.2) is 0 Å². The molecule has 0 fully saturated rings. The van der Waals surface area contributed by atoms with E-state index in [-0.39, 0.29) is 18.7 Å². The summed E-state index contributed by atoms with van der Waals surface area (Å²) >= 11 is 0. The molecule has 0 aliphatic rings. The van der Waals surface area contributed by atoms with E-state index < -0.39 is 6.10 Å². The van der Waals surface area contributed by atoms with Crippen LogP contribution in [0.15, 0.2) is 0 Å². The zero-order chi connectivity index (χ0) is 6.99. The Hall–Kier alpha value is -0.240. The predicted octanol–water partition coefficient (Wildman–Crippen LogP) is -3.16. The van der Waals surface area contributed by atoms with E-state index in [2.05, 4.69) is 5.90 Å². The molecule has 0 rings (SSSR count). The van der Waals surface area contributed by atoms with Gasteiger partial charge in [0.2, 0.25) is 0 Å². The molecule has 0 saturated heterocycles. The van der Waals surface area contributed by atoms with Crippen LogP contribution in [0.25, 0.3) is 0 Å². The lowest BCUT2D eigenvalue weighted by Gasteiger charge is -1.96. The number of hydrogen-bond donors (Lipinski definition) is 5. The summed E-state index contributed by atoms with van der Waals surface area (Å²) in [5.74, 6) is 3.50. The first-order valence-corrected chi connectivity index (χ1v) is 1.97. The minimum atomic E-state index is -0.954. The van der Waals surface area contributed by atoms with Gasteiger partial charge >= 0.3 is 0 Å². The summed E-state index contributed by atoms with van der Waals surface area (Å²) in [5.41, 5.74) is 0. The Morgan fingerprint density at radius 2 is 1.33 bits per heavy atom. The molecule has 0 saturated carbocycles. The summed E-state index contributed by atoms with van der Waals surface area (Å²) in [7, 11) is 0. The fourth-order valence-corrected chi connectivity index (χ4v) is 0.0577. The monoisotopic (exact) mass is 143 g/mol. The lowest BCUT2D eigenvalue weighted by atomic mass is 10.4.